The quantitative estimate of drug-likeness (QED) is 0.647. The lowest BCUT2D eigenvalue weighted by atomic mass is 9.92. The van der Waals surface area contributed by atoms with Gasteiger partial charge in [0.25, 0.3) is 5.91 Å². The van der Waals surface area contributed by atoms with Gasteiger partial charge in [-0.1, -0.05) is 6.07 Å². The lowest BCUT2D eigenvalue weighted by Gasteiger charge is -2.35. The van der Waals surface area contributed by atoms with Crippen LogP contribution >= 0.6 is 11.3 Å². The molecule has 134 valence electrons. The summed E-state index contributed by atoms with van der Waals surface area (Å²) in [6.07, 6.45) is 3.93. The van der Waals surface area contributed by atoms with Crippen LogP contribution in [0.2, 0.25) is 0 Å². The lowest BCUT2D eigenvalue weighted by molar-refractivity contribution is -0.129. The predicted octanol–water partition coefficient (Wildman–Crippen LogP) is 2.53. The fourth-order valence-corrected chi connectivity index (χ4v) is 3.65. The second kappa shape index (κ2) is 8.13. The van der Waals surface area contributed by atoms with Crippen molar-refractivity contribution in [3.05, 3.63) is 51.5 Å². The smallest absolute Gasteiger partial charge is 0.265 e. The van der Waals surface area contributed by atoms with E-state index in [1.165, 1.54) is 16.9 Å². The summed E-state index contributed by atoms with van der Waals surface area (Å²) < 4.78 is 5.58. The summed E-state index contributed by atoms with van der Waals surface area (Å²) in [4.78, 5) is 18.7. The van der Waals surface area contributed by atoms with Crippen molar-refractivity contribution >= 4 is 23.3 Å². The summed E-state index contributed by atoms with van der Waals surface area (Å²) >= 11 is 1.40. The molecule has 1 aliphatic heterocycles. The first-order valence-corrected chi connectivity index (χ1v) is 9.30. The van der Waals surface area contributed by atoms with Crippen molar-refractivity contribution in [2.75, 3.05) is 19.7 Å². The van der Waals surface area contributed by atoms with Gasteiger partial charge in [0, 0.05) is 24.7 Å². The summed E-state index contributed by atoms with van der Waals surface area (Å²) in [5, 5.41) is 11.9. The number of carbonyl (C=O) groups is 1. The van der Waals surface area contributed by atoms with Gasteiger partial charge in [-0.05, 0) is 42.7 Å². The van der Waals surface area contributed by atoms with E-state index in [9.17, 15) is 10.1 Å². The van der Waals surface area contributed by atoms with Crippen LogP contribution in [0.15, 0.2) is 35.3 Å². The highest BCUT2D eigenvalue weighted by Gasteiger charge is 2.29. The third kappa shape index (κ3) is 3.77. The summed E-state index contributed by atoms with van der Waals surface area (Å²) in [6.45, 7) is 3.49. The Bertz CT molecular complexity index is 855. The Kier molecular flexibility index (Phi) is 5.66. The number of nitrogens with zero attached hydrogens (tertiary/aromatic N) is 3. The summed E-state index contributed by atoms with van der Waals surface area (Å²) in [5.41, 5.74) is 7.83. The number of hydrogen-bond donors (Lipinski definition) is 1. The van der Waals surface area contributed by atoms with E-state index in [2.05, 4.69) is 4.98 Å². The number of aromatic nitrogens is 1. The number of hydrogen-bond acceptors (Lipinski definition) is 6. The molecule has 0 saturated carbocycles. The molecule has 6 nitrogen and oxygen atoms in total. The van der Waals surface area contributed by atoms with E-state index >= 15 is 0 Å². The molecule has 1 amide bonds. The lowest BCUT2D eigenvalue weighted by Crippen LogP contribution is -2.39. The fourth-order valence-electron chi connectivity index (χ4n) is 3.08. The fraction of sp³-hybridized carbons (Fsp3) is 0.316. The molecular formula is C19H20N4O2S. The number of nitrogens with two attached hydrogens (primary N) is 1. The molecule has 7 heteroatoms. The highest BCUT2D eigenvalue weighted by atomic mass is 32.1. The number of ether oxygens (including phenoxy) is 1. The highest BCUT2D eigenvalue weighted by Crippen LogP contribution is 2.32. The van der Waals surface area contributed by atoms with Gasteiger partial charge in [-0.15, -0.1) is 11.3 Å². The maximum atomic E-state index is 12.9. The van der Waals surface area contributed by atoms with E-state index in [0.29, 0.717) is 24.7 Å². The van der Waals surface area contributed by atoms with Gasteiger partial charge in [0.1, 0.15) is 29.0 Å². The van der Waals surface area contributed by atoms with Crippen molar-refractivity contribution in [2.45, 2.75) is 19.4 Å². The Labute approximate surface area is 156 Å². The van der Waals surface area contributed by atoms with E-state index in [1.807, 2.05) is 36.6 Å². The molecule has 2 N–H and O–H groups in total. The van der Waals surface area contributed by atoms with Crippen LogP contribution < -0.4 is 10.5 Å². The Morgan fingerprint density at radius 1 is 1.58 bits per heavy atom. The van der Waals surface area contributed by atoms with Gasteiger partial charge in [-0.2, -0.15) is 5.26 Å². The molecule has 1 aromatic heterocycles. The summed E-state index contributed by atoms with van der Waals surface area (Å²) in [5.74, 6) is 0.534. The molecule has 0 fully saturated rings. The molecule has 1 aromatic carbocycles. The van der Waals surface area contributed by atoms with E-state index < -0.39 is 0 Å². The third-order valence-corrected chi connectivity index (χ3v) is 5.09. The van der Waals surface area contributed by atoms with Crippen LogP contribution in [0.4, 0.5) is 0 Å². The zero-order valence-corrected chi connectivity index (χ0v) is 15.3. The van der Waals surface area contributed by atoms with Gasteiger partial charge in [0.15, 0.2) is 0 Å². The summed E-state index contributed by atoms with van der Waals surface area (Å²) in [7, 11) is 0. The molecule has 2 heterocycles. The number of amides is 1. The largest absolute Gasteiger partial charge is 0.492 e. The van der Waals surface area contributed by atoms with Gasteiger partial charge >= 0.3 is 0 Å². The molecule has 1 atom stereocenters. The minimum atomic E-state index is -0.260. The molecule has 0 spiro atoms. The molecular weight excluding hydrogens is 348 g/mol. The molecule has 3 rings (SSSR count). The zero-order valence-electron chi connectivity index (χ0n) is 14.5. The van der Waals surface area contributed by atoms with Crippen molar-refractivity contribution in [2.24, 2.45) is 5.73 Å². The maximum absolute atomic E-state index is 12.9. The zero-order chi connectivity index (χ0) is 18.5. The normalized spacial score (nSPS) is 16.7. The number of benzene rings is 1. The maximum Gasteiger partial charge on any atom is 0.265 e. The average molecular weight is 368 g/mol. The molecule has 1 unspecified atom stereocenters. The first-order chi connectivity index (χ1) is 12.6. The second-order valence-corrected chi connectivity index (χ2v) is 6.89. The topological polar surface area (TPSA) is 92.2 Å². The summed E-state index contributed by atoms with van der Waals surface area (Å²) in [6, 6.07) is 7.81. The number of nitriles is 1. The van der Waals surface area contributed by atoms with Gasteiger partial charge in [-0.3, -0.25) is 4.79 Å². The first kappa shape index (κ1) is 18.1. The Morgan fingerprint density at radius 3 is 3.12 bits per heavy atom. The number of rotatable bonds is 5. The Balaban J connectivity index is 1.81. The molecule has 0 aliphatic carbocycles. The van der Waals surface area contributed by atoms with Gasteiger partial charge in [0.05, 0.1) is 6.04 Å². The van der Waals surface area contributed by atoms with Crippen LogP contribution in [0.25, 0.3) is 6.08 Å². The van der Waals surface area contributed by atoms with Crippen molar-refractivity contribution in [3.63, 3.8) is 0 Å². The van der Waals surface area contributed by atoms with Crippen molar-refractivity contribution in [1.82, 2.24) is 9.88 Å². The SMILES string of the molecule is CC1c2ccc(OCCN)cc2CCN1C(=O)/C(C#N)=C\c1nccs1. The third-order valence-electron chi connectivity index (χ3n) is 4.37. The van der Waals surface area contributed by atoms with Crippen LogP contribution in [0.3, 0.4) is 0 Å². The predicted molar refractivity (Wildman–Crippen MR) is 101 cm³/mol. The number of thiazole rings is 1. The molecule has 2 aromatic rings. The first-order valence-electron chi connectivity index (χ1n) is 8.42. The van der Waals surface area contributed by atoms with E-state index in [0.717, 1.165) is 17.7 Å². The molecule has 0 bridgehead atoms. The Morgan fingerprint density at radius 2 is 2.42 bits per heavy atom. The number of carbonyl (C=O) groups excluding carboxylic acids is 1. The molecule has 1 aliphatic rings. The van der Waals surface area contributed by atoms with Gasteiger partial charge < -0.3 is 15.4 Å². The van der Waals surface area contributed by atoms with Crippen molar-refractivity contribution in [1.29, 1.82) is 5.26 Å². The Hall–Kier alpha value is -2.69. The minimum absolute atomic E-state index is 0.108. The van der Waals surface area contributed by atoms with Crippen LogP contribution in [0.5, 0.6) is 5.75 Å². The minimum Gasteiger partial charge on any atom is -0.492 e. The van der Waals surface area contributed by atoms with E-state index in [1.54, 1.807) is 17.2 Å². The number of fused-ring (bicyclic) bond motifs is 1. The highest BCUT2D eigenvalue weighted by molar-refractivity contribution is 7.10. The second-order valence-electron chi connectivity index (χ2n) is 5.96. The average Bonchev–Trinajstić information content (AvgIpc) is 3.17. The van der Waals surface area contributed by atoms with Crippen LogP contribution in [-0.2, 0) is 11.2 Å². The molecule has 26 heavy (non-hydrogen) atoms. The van der Waals surface area contributed by atoms with Gasteiger partial charge in [-0.25, -0.2) is 4.98 Å². The standard InChI is InChI=1S/C19H20N4O2S/c1-13-17-3-2-16(25-8-5-20)10-14(17)4-7-23(13)19(24)15(12-21)11-18-22-6-9-26-18/h2-3,6,9-11,13H,4-5,7-8,20H2,1H3/b15-11-. The van der Waals surface area contributed by atoms with Crippen molar-refractivity contribution in [3.8, 4) is 11.8 Å². The van der Waals surface area contributed by atoms with E-state index in [4.69, 9.17) is 10.5 Å². The van der Waals surface area contributed by atoms with Crippen molar-refractivity contribution < 1.29 is 9.53 Å². The van der Waals surface area contributed by atoms with Crippen LogP contribution in [-0.4, -0.2) is 35.5 Å². The van der Waals surface area contributed by atoms with E-state index in [-0.39, 0.29) is 17.5 Å². The molecule has 0 radical (unpaired) electrons. The molecule has 0 saturated heterocycles. The van der Waals surface area contributed by atoms with Gasteiger partial charge in [0.2, 0.25) is 0 Å². The van der Waals surface area contributed by atoms with Crippen LogP contribution in [0.1, 0.15) is 29.1 Å². The monoisotopic (exact) mass is 368 g/mol. The van der Waals surface area contributed by atoms with Crippen LogP contribution in [0, 0.1) is 11.3 Å².